The Labute approximate surface area is 205 Å². The van der Waals surface area contributed by atoms with E-state index in [0.717, 1.165) is 16.7 Å². The summed E-state index contributed by atoms with van der Waals surface area (Å²) in [6.45, 7) is 1.55. The van der Waals surface area contributed by atoms with E-state index in [4.69, 9.17) is 35.6 Å². The number of rotatable bonds is 6. The second-order valence-corrected chi connectivity index (χ2v) is 8.58. The molecule has 2 aromatic heterocycles. The fourth-order valence-electron chi connectivity index (χ4n) is 4.11. The molecule has 0 amide bonds. The Balaban J connectivity index is 1.29. The number of aromatic nitrogens is 1. The van der Waals surface area contributed by atoms with Crippen molar-refractivity contribution < 1.29 is 23.4 Å². The quantitative estimate of drug-likeness (QED) is 0.392. The summed E-state index contributed by atoms with van der Waals surface area (Å²) in [5.41, 5.74) is 2.03. The van der Waals surface area contributed by atoms with Gasteiger partial charge in [0.05, 0.1) is 24.9 Å². The maximum absolute atomic E-state index is 13.0. The maximum atomic E-state index is 13.0. The Morgan fingerprint density at radius 3 is 2.51 bits per heavy atom. The molecule has 0 radical (unpaired) electrons. The molecule has 0 bridgehead atoms. The molecule has 4 heterocycles. The van der Waals surface area contributed by atoms with Crippen molar-refractivity contribution in [3.05, 3.63) is 82.0 Å². The summed E-state index contributed by atoms with van der Waals surface area (Å²) in [4.78, 5) is 17.9. The number of ether oxygens (including phenoxy) is 4. The molecule has 0 fully saturated rings. The lowest BCUT2D eigenvalue weighted by Crippen LogP contribution is -2.39. The average molecular weight is 492 g/mol. The van der Waals surface area contributed by atoms with Crippen molar-refractivity contribution in [1.82, 2.24) is 15.2 Å². The zero-order valence-electron chi connectivity index (χ0n) is 18.5. The number of thiocarbonyl (C=S) groups is 1. The minimum Gasteiger partial charge on any atom is -0.467 e. The van der Waals surface area contributed by atoms with Gasteiger partial charge in [-0.3, -0.25) is 4.79 Å². The number of H-pyrrole nitrogens is 1. The van der Waals surface area contributed by atoms with Gasteiger partial charge in [-0.2, -0.15) is 0 Å². The van der Waals surface area contributed by atoms with Crippen LogP contribution in [0.2, 0.25) is 0 Å². The summed E-state index contributed by atoms with van der Waals surface area (Å²) in [5.74, 6) is 3.44. The summed E-state index contributed by atoms with van der Waals surface area (Å²) in [6.07, 6.45) is 1.62. The van der Waals surface area contributed by atoms with Crippen molar-refractivity contribution in [3.63, 3.8) is 0 Å². The van der Waals surface area contributed by atoms with Crippen LogP contribution in [0.1, 0.15) is 16.9 Å². The van der Waals surface area contributed by atoms with E-state index in [1.54, 1.807) is 12.3 Å². The smallest absolute Gasteiger partial charge is 0.253 e. The Morgan fingerprint density at radius 2 is 1.71 bits per heavy atom. The molecular weight excluding hydrogens is 470 g/mol. The van der Waals surface area contributed by atoms with Crippen molar-refractivity contribution in [2.24, 2.45) is 0 Å². The van der Waals surface area contributed by atoms with Crippen LogP contribution in [0.4, 0.5) is 0 Å². The van der Waals surface area contributed by atoms with Crippen LogP contribution < -0.4 is 29.8 Å². The van der Waals surface area contributed by atoms with Gasteiger partial charge in [0, 0.05) is 23.6 Å². The highest BCUT2D eigenvalue weighted by Crippen LogP contribution is 2.35. The van der Waals surface area contributed by atoms with E-state index in [1.165, 1.54) is 0 Å². The number of hydrogen-bond donors (Lipinski definition) is 2. The van der Waals surface area contributed by atoms with Crippen LogP contribution >= 0.6 is 12.2 Å². The van der Waals surface area contributed by atoms with Gasteiger partial charge in [-0.1, -0.05) is 6.07 Å². The van der Waals surface area contributed by atoms with Gasteiger partial charge in [-0.15, -0.1) is 0 Å². The number of benzene rings is 2. The number of pyridine rings is 1. The molecule has 0 saturated heterocycles. The van der Waals surface area contributed by atoms with Crippen molar-refractivity contribution >= 4 is 28.2 Å². The second-order valence-electron chi connectivity index (χ2n) is 8.20. The Bertz CT molecular complexity index is 1470. The number of nitrogens with zero attached hydrogens (tertiary/aromatic N) is 1. The number of aromatic amines is 1. The molecule has 35 heavy (non-hydrogen) atoms. The molecule has 0 atom stereocenters. The molecule has 2 N–H and O–H groups in total. The number of fused-ring (bicyclic) bond motifs is 3. The normalized spacial score (nSPS) is 13.3. The first kappa shape index (κ1) is 21.4. The SMILES string of the molecule is O=c1[nH]c2cc3c(cc2cc1CN(Cc1ccc2c(c1)OCO2)C(=S)NCc1ccco1)OCO3. The molecule has 9 nitrogen and oxygen atoms in total. The van der Waals surface area contributed by atoms with Crippen LogP contribution in [0.5, 0.6) is 23.0 Å². The fourth-order valence-corrected chi connectivity index (χ4v) is 4.31. The van der Waals surface area contributed by atoms with Gasteiger partial charge in [0.15, 0.2) is 28.1 Å². The lowest BCUT2D eigenvalue weighted by atomic mass is 10.1. The first-order chi connectivity index (χ1) is 17.1. The number of hydrogen-bond acceptors (Lipinski definition) is 7. The van der Waals surface area contributed by atoms with Crippen molar-refractivity contribution in [1.29, 1.82) is 0 Å². The van der Waals surface area contributed by atoms with Crippen molar-refractivity contribution in [3.8, 4) is 23.0 Å². The van der Waals surface area contributed by atoms with Crippen LogP contribution in [-0.4, -0.2) is 28.6 Å². The van der Waals surface area contributed by atoms with Gasteiger partial charge < -0.3 is 38.6 Å². The summed E-state index contributed by atoms with van der Waals surface area (Å²) < 4.78 is 27.3. The van der Waals surface area contributed by atoms with Crippen LogP contribution in [-0.2, 0) is 19.6 Å². The molecule has 0 aliphatic carbocycles. The first-order valence-electron chi connectivity index (χ1n) is 11.0. The Morgan fingerprint density at radius 1 is 0.943 bits per heavy atom. The van der Waals surface area contributed by atoms with E-state index in [-0.39, 0.29) is 25.7 Å². The third kappa shape index (κ3) is 4.35. The van der Waals surface area contributed by atoms with Gasteiger partial charge in [0.25, 0.3) is 5.56 Å². The minimum absolute atomic E-state index is 0.168. The van der Waals surface area contributed by atoms with E-state index in [9.17, 15) is 4.79 Å². The zero-order chi connectivity index (χ0) is 23.8. The van der Waals surface area contributed by atoms with Gasteiger partial charge in [0.2, 0.25) is 13.6 Å². The highest BCUT2D eigenvalue weighted by molar-refractivity contribution is 7.80. The van der Waals surface area contributed by atoms with Gasteiger partial charge in [-0.05, 0) is 54.2 Å². The van der Waals surface area contributed by atoms with Crippen LogP contribution in [0, 0.1) is 0 Å². The monoisotopic (exact) mass is 491 g/mol. The highest BCUT2D eigenvalue weighted by atomic mass is 32.1. The fraction of sp³-hybridized carbons (Fsp3) is 0.200. The standard InChI is InChI=1S/C25H21N3O6S/c29-24-17(7-16-8-22-23(34-14-33-22)9-19(16)27-24)12-28(25(35)26-10-18-2-1-5-30-18)11-15-3-4-20-21(6-15)32-13-31-20/h1-9H,10-14H2,(H,26,35)(H,27,29). The molecular formula is C25H21N3O6S. The molecule has 2 aromatic carbocycles. The molecule has 10 heteroatoms. The number of furan rings is 1. The van der Waals surface area contributed by atoms with E-state index in [1.807, 2.05) is 47.4 Å². The molecule has 0 saturated carbocycles. The molecule has 4 aromatic rings. The average Bonchev–Trinajstić information content (AvgIpc) is 3.62. The summed E-state index contributed by atoms with van der Waals surface area (Å²) in [7, 11) is 0. The molecule has 178 valence electrons. The zero-order valence-corrected chi connectivity index (χ0v) is 19.4. The van der Waals surface area contributed by atoms with E-state index >= 15 is 0 Å². The van der Waals surface area contributed by atoms with E-state index < -0.39 is 0 Å². The van der Waals surface area contributed by atoms with Crippen LogP contribution in [0.3, 0.4) is 0 Å². The summed E-state index contributed by atoms with van der Waals surface area (Å²) >= 11 is 5.72. The van der Waals surface area contributed by atoms with E-state index in [2.05, 4.69) is 10.3 Å². The Kier molecular flexibility index (Phi) is 5.42. The van der Waals surface area contributed by atoms with E-state index in [0.29, 0.717) is 52.3 Å². The van der Waals surface area contributed by atoms with Gasteiger partial charge in [-0.25, -0.2) is 0 Å². The predicted octanol–water partition coefficient (Wildman–Crippen LogP) is 3.66. The van der Waals surface area contributed by atoms with Crippen LogP contribution in [0.25, 0.3) is 10.9 Å². The molecule has 0 unspecified atom stereocenters. The molecule has 2 aliphatic heterocycles. The van der Waals surface area contributed by atoms with Gasteiger partial charge >= 0.3 is 0 Å². The third-order valence-electron chi connectivity index (χ3n) is 5.87. The molecule has 6 rings (SSSR count). The molecule has 0 spiro atoms. The predicted molar refractivity (Wildman–Crippen MR) is 131 cm³/mol. The summed E-state index contributed by atoms with van der Waals surface area (Å²) in [6, 6.07) is 15.0. The first-order valence-corrected chi connectivity index (χ1v) is 11.4. The van der Waals surface area contributed by atoms with Crippen molar-refractivity contribution in [2.45, 2.75) is 19.6 Å². The lowest BCUT2D eigenvalue weighted by Gasteiger charge is -2.26. The Hall–Kier alpha value is -4.18. The minimum atomic E-state index is -0.194. The molecule has 2 aliphatic rings. The lowest BCUT2D eigenvalue weighted by molar-refractivity contribution is 0.173. The number of nitrogens with one attached hydrogen (secondary N) is 2. The maximum Gasteiger partial charge on any atom is 0.253 e. The topological polar surface area (TPSA) is 98.2 Å². The van der Waals surface area contributed by atoms with Gasteiger partial charge in [0.1, 0.15) is 5.76 Å². The second kappa shape index (κ2) is 8.88. The summed E-state index contributed by atoms with van der Waals surface area (Å²) in [5, 5.41) is 4.57. The highest BCUT2D eigenvalue weighted by Gasteiger charge is 2.19. The van der Waals surface area contributed by atoms with Crippen molar-refractivity contribution in [2.75, 3.05) is 13.6 Å². The third-order valence-corrected chi connectivity index (χ3v) is 6.27. The van der Waals surface area contributed by atoms with Crippen LogP contribution in [0.15, 0.2) is 64.0 Å². The largest absolute Gasteiger partial charge is 0.467 e.